The van der Waals surface area contributed by atoms with E-state index in [1.165, 1.54) is 0 Å². The SMILES string of the molecule is C[C@@H]1CN([C@H](C)c2nc(C(F)(F)F)cc3c(-c4cccc(C5(Cc6nncn6C)COC5)c4)n[nH]c23)CCO1. The molecular formula is C27H30F3N7O2. The third kappa shape index (κ3) is 4.70. The molecule has 6 rings (SSSR count). The largest absolute Gasteiger partial charge is 0.433 e. The number of aryl methyl sites for hydroxylation is 1. The summed E-state index contributed by atoms with van der Waals surface area (Å²) in [7, 11) is 1.90. The molecular weight excluding hydrogens is 511 g/mol. The average Bonchev–Trinajstić information content (AvgIpc) is 3.50. The molecule has 39 heavy (non-hydrogen) atoms. The van der Waals surface area contributed by atoms with Crippen molar-refractivity contribution in [3.05, 3.63) is 59.4 Å². The topological polar surface area (TPSA) is 94.0 Å². The first-order valence-corrected chi connectivity index (χ1v) is 13.0. The molecule has 1 N–H and O–H groups in total. The fourth-order valence-corrected chi connectivity index (χ4v) is 5.56. The minimum absolute atomic E-state index is 0.00749. The highest BCUT2D eigenvalue weighted by Gasteiger charge is 2.42. The summed E-state index contributed by atoms with van der Waals surface area (Å²) in [6.07, 6.45) is -2.31. The lowest BCUT2D eigenvalue weighted by atomic mass is 9.75. The fourth-order valence-electron chi connectivity index (χ4n) is 5.56. The van der Waals surface area contributed by atoms with Crippen molar-refractivity contribution in [1.29, 1.82) is 0 Å². The number of aromatic amines is 1. The van der Waals surface area contributed by atoms with E-state index in [1.807, 2.05) is 49.7 Å². The number of fused-ring (bicyclic) bond motifs is 1. The Hall–Kier alpha value is -3.35. The van der Waals surface area contributed by atoms with Gasteiger partial charge in [0.05, 0.1) is 43.2 Å². The summed E-state index contributed by atoms with van der Waals surface area (Å²) in [5, 5.41) is 16.1. The summed E-state index contributed by atoms with van der Waals surface area (Å²) in [5.41, 5.74) is 1.81. The van der Waals surface area contributed by atoms with Crippen LogP contribution in [-0.4, -0.2) is 73.9 Å². The summed E-state index contributed by atoms with van der Waals surface area (Å²) in [4.78, 5) is 6.20. The summed E-state index contributed by atoms with van der Waals surface area (Å²) in [6, 6.07) is 8.53. The maximum absolute atomic E-state index is 14.0. The molecule has 0 saturated carbocycles. The van der Waals surface area contributed by atoms with Crippen LogP contribution in [0.1, 0.15) is 42.7 Å². The van der Waals surface area contributed by atoms with Gasteiger partial charge >= 0.3 is 6.18 Å². The van der Waals surface area contributed by atoms with Gasteiger partial charge in [-0.1, -0.05) is 18.2 Å². The molecule has 0 spiro atoms. The van der Waals surface area contributed by atoms with Crippen molar-refractivity contribution in [2.75, 3.05) is 32.9 Å². The van der Waals surface area contributed by atoms with Crippen LogP contribution in [0.5, 0.6) is 0 Å². The fraction of sp³-hybridized carbons (Fsp3) is 0.481. The quantitative estimate of drug-likeness (QED) is 0.393. The predicted octanol–water partition coefficient (Wildman–Crippen LogP) is 4.06. The molecule has 4 aromatic rings. The Bertz CT molecular complexity index is 1490. The van der Waals surface area contributed by atoms with Crippen molar-refractivity contribution in [1.82, 2.24) is 34.8 Å². The van der Waals surface area contributed by atoms with E-state index in [4.69, 9.17) is 9.47 Å². The molecule has 2 aliphatic rings. The van der Waals surface area contributed by atoms with Crippen molar-refractivity contribution in [2.45, 2.75) is 44.0 Å². The monoisotopic (exact) mass is 541 g/mol. The van der Waals surface area contributed by atoms with Crippen LogP contribution >= 0.6 is 0 Å². The number of alkyl halides is 3. The Balaban J connectivity index is 1.42. The molecule has 206 valence electrons. The van der Waals surface area contributed by atoms with Crippen molar-refractivity contribution in [3.8, 4) is 11.3 Å². The number of nitrogens with one attached hydrogen (secondary N) is 1. The molecule has 5 heterocycles. The van der Waals surface area contributed by atoms with Crippen LogP contribution in [0.2, 0.25) is 0 Å². The molecule has 3 aromatic heterocycles. The molecule has 2 saturated heterocycles. The van der Waals surface area contributed by atoms with E-state index >= 15 is 0 Å². The van der Waals surface area contributed by atoms with Gasteiger partial charge in [0.2, 0.25) is 0 Å². The molecule has 2 aliphatic heterocycles. The van der Waals surface area contributed by atoms with Crippen LogP contribution in [0.15, 0.2) is 36.7 Å². The van der Waals surface area contributed by atoms with E-state index in [1.54, 1.807) is 6.33 Å². The zero-order valence-corrected chi connectivity index (χ0v) is 22.0. The predicted molar refractivity (Wildman–Crippen MR) is 137 cm³/mol. The highest BCUT2D eigenvalue weighted by molar-refractivity contribution is 5.94. The van der Waals surface area contributed by atoms with E-state index in [0.717, 1.165) is 23.0 Å². The van der Waals surface area contributed by atoms with Gasteiger partial charge in [0.25, 0.3) is 0 Å². The van der Waals surface area contributed by atoms with Gasteiger partial charge in [-0.25, -0.2) is 4.98 Å². The molecule has 0 unspecified atom stereocenters. The molecule has 0 amide bonds. The second-order valence-electron chi connectivity index (χ2n) is 10.6. The Labute approximate surface area is 223 Å². The third-order valence-corrected chi connectivity index (χ3v) is 7.90. The van der Waals surface area contributed by atoms with Crippen molar-refractivity contribution in [3.63, 3.8) is 0 Å². The molecule has 2 atom stereocenters. The summed E-state index contributed by atoms with van der Waals surface area (Å²) < 4.78 is 55.2. The van der Waals surface area contributed by atoms with Crippen LogP contribution in [0.4, 0.5) is 13.2 Å². The summed E-state index contributed by atoms with van der Waals surface area (Å²) >= 11 is 0. The van der Waals surface area contributed by atoms with Crippen molar-refractivity contribution >= 4 is 10.9 Å². The number of halogens is 3. The molecule has 2 fully saturated rings. The van der Waals surface area contributed by atoms with Crippen molar-refractivity contribution in [2.24, 2.45) is 7.05 Å². The molecule has 0 aliphatic carbocycles. The van der Waals surface area contributed by atoms with Crippen molar-refractivity contribution < 1.29 is 22.6 Å². The zero-order chi connectivity index (χ0) is 27.4. The molecule has 0 bridgehead atoms. The smallest absolute Gasteiger partial charge is 0.379 e. The minimum atomic E-state index is -4.60. The van der Waals surface area contributed by atoms with Crippen LogP contribution in [-0.2, 0) is 34.5 Å². The maximum atomic E-state index is 14.0. The van der Waals surface area contributed by atoms with Gasteiger partial charge < -0.3 is 14.0 Å². The van der Waals surface area contributed by atoms with Gasteiger partial charge in [0.15, 0.2) is 0 Å². The first kappa shape index (κ1) is 25.9. The minimum Gasteiger partial charge on any atom is -0.379 e. The Kier molecular flexibility index (Phi) is 6.43. The Morgan fingerprint density at radius 2 is 2.05 bits per heavy atom. The zero-order valence-electron chi connectivity index (χ0n) is 22.0. The van der Waals surface area contributed by atoms with E-state index in [2.05, 4.69) is 30.3 Å². The lowest BCUT2D eigenvalue weighted by Gasteiger charge is -2.41. The van der Waals surface area contributed by atoms with Crippen LogP contribution in [0.3, 0.4) is 0 Å². The number of aromatic nitrogens is 6. The first-order valence-electron chi connectivity index (χ1n) is 13.0. The molecule has 1 aromatic carbocycles. The van der Waals surface area contributed by atoms with Gasteiger partial charge in [-0.05, 0) is 31.5 Å². The molecule has 9 nitrogen and oxygen atoms in total. The number of hydrogen-bond donors (Lipinski definition) is 1. The normalized spacial score (nSPS) is 20.7. The van der Waals surface area contributed by atoms with E-state index in [-0.39, 0.29) is 17.6 Å². The molecule has 0 radical (unpaired) electrons. The highest BCUT2D eigenvalue weighted by Crippen LogP contribution is 2.40. The number of pyridine rings is 1. The summed E-state index contributed by atoms with van der Waals surface area (Å²) in [6.45, 7) is 6.63. The standard InChI is InChI=1S/C27H30F3N7O2/c1-16-12-37(7-8-39-16)17(2)23-25-20(10-21(32-23)27(28,29)30)24(34-35-25)18-5-4-6-19(9-18)26(13-38-14-26)11-22-33-31-15-36(22)3/h4-6,9-10,15-17H,7-8,11-14H2,1-3H3,(H,34,35)/t16-,17-/m1/s1. The number of ether oxygens (including phenoxy) is 2. The van der Waals surface area contributed by atoms with Gasteiger partial charge in [-0.2, -0.15) is 18.3 Å². The maximum Gasteiger partial charge on any atom is 0.433 e. The second kappa shape index (κ2) is 9.68. The van der Waals surface area contributed by atoms with Gasteiger partial charge in [0, 0.05) is 42.9 Å². The number of benzene rings is 1. The first-order chi connectivity index (χ1) is 18.6. The average molecular weight is 542 g/mol. The van der Waals surface area contributed by atoms with Gasteiger partial charge in [-0.3, -0.25) is 10.00 Å². The number of hydrogen-bond acceptors (Lipinski definition) is 7. The lowest BCUT2D eigenvalue weighted by molar-refractivity contribution is -0.141. The van der Waals surface area contributed by atoms with Crippen LogP contribution < -0.4 is 0 Å². The number of nitrogens with zero attached hydrogens (tertiary/aromatic N) is 6. The summed E-state index contributed by atoms with van der Waals surface area (Å²) in [5.74, 6) is 0.839. The second-order valence-corrected chi connectivity index (χ2v) is 10.6. The molecule has 12 heteroatoms. The number of rotatable bonds is 6. The highest BCUT2D eigenvalue weighted by atomic mass is 19.4. The lowest BCUT2D eigenvalue weighted by Crippen LogP contribution is -2.49. The van der Waals surface area contributed by atoms with Crippen LogP contribution in [0.25, 0.3) is 22.2 Å². The van der Waals surface area contributed by atoms with Gasteiger partial charge in [0.1, 0.15) is 23.5 Å². The third-order valence-electron chi connectivity index (χ3n) is 7.90. The Morgan fingerprint density at radius 1 is 1.23 bits per heavy atom. The number of H-pyrrole nitrogens is 1. The number of morpholine rings is 1. The van der Waals surface area contributed by atoms with E-state index in [0.29, 0.717) is 61.6 Å². The van der Waals surface area contributed by atoms with Crippen LogP contribution in [0, 0.1) is 0 Å². The van der Waals surface area contributed by atoms with Gasteiger partial charge in [-0.15, -0.1) is 10.2 Å². The van der Waals surface area contributed by atoms with E-state index in [9.17, 15) is 13.2 Å². The van der Waals surface area contributed by atoms with E-state index < -0.39 is 11.9 Å². The Morgan fingerprint density at radius 3 is 2.72 bits per heavy atom.